The Morgan fingerprint density at radius 2 is 1.68 bits per heavy atom. The second-order valence-corrected chi connectivity index (χ2v) is 10.3. The van der Waals surface area contributed by atoms with E-state index < -0.39 is 0 Å². The van der Waals surface area contributed by atoms with Gasteiger partial charge in [0.25, 0.3) is 5.91 Å². The lowest BCUT2D eigenvalue weighted by Gasteiger charge is -2.45. The molecule has 0 unspecified atom stereocenters. The zero-order valence-corrected chi connectivity index (χ0v) is 20.4. The van der Waals surface area contributed by atoms with E-state index in [-0.39, 0.29) is 36.4 Å². The molecule has 3 atom stereocenters. The minimum Gasteiger partial charge on any atom is -0.394 e. The molecule has 0 aromatic heterocycles. The highest BCUT2D eigenvalue weighted by Crippen LogP contribution is 2.50. The lowest BCUT2D eigenvalue weighted by Crippen LogP contribution is -2.48. The van der Waals surface area contributed by atoms with E-state index in [0.717, 1.165) is 55.5 Å². The van der Waals surface area contributed by atoms with Crippen molar-refractivity contribution in [2.24, 2.45) is 11.8 Å². The number of likely N-dealkylation sites (tertiary alicyclic amines) is 1. The Kier molecular flexibility index (Phi) is 6.11. The van der Waals surface area contributed by atoms with Gasteiger partial charge in [-0.25, -0.2) is 0 Å². The van der Waals surface area contributed by atoms with Crippen LogP contribution in [0.15, 0.2) is 42.5 Å². The minimum absolute atomic E-state index is 0.00555. The third-order valence-corrected chi connectivity index (χ3v) is 8.21. The van der Waals surface area contributed by atoms with Crippen LogP contribution in [-0.2, 0) is 4.79 Å². The topological polar surface area (TPSA) is 64.1 Å². The van der Waals surface area contributed by atoms with Crippen molar-refractivity contribution >= 4 is 17.5 Å². The predicted octanol–water partition coefficient (Wildman–Crippen LogP) is 3.95. The first-order chi connectivity index (χ1) is 16.4. The highest BCUT2D eigenvalue weighted by atomic mass is 16.3. The molecular formula is C28H35N3O3. The van der Waals surface area contributed by atoms with Crippen molar-refractivity contribution in [1.82, 2.24) is 9.80 Å². The highest BCUT2D eigenvalue weighted by Gasteiger charge is 2.48. The number of rotatable bonds is 4. The average molecular weight is 462 g/mol. The second kappa shape index (κ2) is 9.06. The van der Waals surface area contributed by atoms with E-state index in [1.807, 2.05) is 24.3 Å². The molecule has 2 aliphatic heterocycles. The van der Waals surface area contributed by atoms with E-state index in [0.29, 0.717) is 11.5 Å². The maximum absolute atomic E-state index is 13.5. The van der Waals surface area contributed by atoms with Gasteiger partial charge in [0.05, 0.1) is 18.7 Å². The van der Waals surface area contributed by atoms with Crippen molar-refractivity contribution in [3.8, 4) is 11.1 Å². The van der Waals surface area contributed by atoms with Gasteiger partial charge >= 0.3 is 0 Å². The van der Waals surface area contributed by atoms with Crippen molar-refractivity contribution in [2.75, 3.05) is 39.2 Å². The van der Waals surface area contributed by atoms with E-state index >= 15 is 0 Å². The number of likely N-dealkylation sites (N-methyl/N-ethyl adjacent to an activating group) is 1. The number of amides is 2. The Hall–Kier alpha value is -2.86. The maximum Gasteiger partial charge on any atom is 0.253 e. The number of hydrogen-bond acceptors (Lipinski definition) is 4. The SMILES string of the molecule is CN(C)C(=O)c1ccc(-c2ccc3c(c2)[C@@H]2[C@@H](CCN2C(=O)C2CCCC2)[C@@H](CO)N3C)cc1. The van der Waals surface area contributed by atoms with Crippen LogP contribution in [0.5, 0.6) is 0 Å². The highest BCUT2D eigenvalue weighted by molar-refractivity contribution is 5.94. The van der Waals surface area contributed by atoms with Crippen LogP contribution in [0.4, 0.5) is 5.69 Å². The van der Waals surface area contributed by atoms with Crippen molar-refractivity contribution in [3.63, 3.8) is 0 Å². The number of aliphatic hydroxyl groups is 1. The lowest BCUT2D eigenvalue weighted by molar-refractivity contribution is -0.136. The van der Waals surface area contributed by atoms with Gasteiger partial charge in [-0.15, -0.1) is 0 Å². The monoisotopic (exact) mass is 461 g/mol. The fourth-order valence-electron chi connectivity index (χ4n) is 6.35. The zero-order valence-electron chi connectivity index (χ0n) is 20.4. The molecule has 1 saturated heterocycles. The van der Waals surface area contributed by atoms with E-state index in [9.17, 15) is 14.7 Å². The first-order valence-electron chi connectivity index (χ1n) is 12.5. The van der Waals surface area contributed by atoms with Crippen LogP contribution in [0.2, 0.25) is 0 Å². The summed E-state index contributed by atoms with van der Waals surface area (Å²) in [6.07, 6.45) is 5.21. The number of anilines is 1. The first kappa shape index (κ1) is 22.9. The number of carbonyl (C=O) groups excluding carboxylic acids is 2. The summed E-state index contributed by atoms with van der Waals surface area (Å²) in [7, 11) is 5.57. The second-order valence-electron chi connectivity index (χ2n) is 10.3. The molecule has 1 N–H and O–H groups in total. The van der Waals surface area contributed by atoms with Gasteiger partial charge in [0.15, 0.2) is 0 Å². The quantitative estimate of drug-likeness (QED) is 0.749. The largest absolute Gasteiger partial charge is 0.394 e. The molecule has 2 fully saturated rings. The molecule has 5 rings (SSSR count). The van der Waals surface area contributed by atoms with Crippen LogP contribution in [0.25, 0.3) is 11.1 Å². The Bertz CT molecular complexity index is 1070. The lowest BCUT2D eigenvalue weighted by atomic mass is 9.81. The number of benzene rings is 2. The summed E-state index contributed by atoms with van der Waals surface area (Å²) in [5, 5.41) is 10.2. The molecule has 180 valence electrons. The van der Waals surface area contributed by atoms with Crippen LogP contribution >= 0.6 is 0 Å². The Morgan fingerprint density at radius 3 is 2.32 bits per heavy atom. The number of hydrogen-bond donors (Lipinski definition) is 1. The molecule has 34 heavy (non-hydrogen) atoms. The molecule has 1 aliphatic carbocycles. The van der Waals surface area contributed by atoms with Gasteiger partial charge in [0.1, 0.15) is 0 Å². The molecule has 2 heterocycles. The summed E-state index contributed by atoms with van der Waals surface area (Å²) in [5.41, 5.74) is 5.06. The summed E-state index contributed by atoms with van der Waals surface area (Å²) < 4.78 is 0. The van der Waals surface area contributed by atoms with Gasteiger partial charge in [-0.3, -0.25) is 9.59 Å². The fraction of sp³-hybridized carbons (Fsp3) is 0.500. The number of nitrogens with zero attached hydrogens (tertiary/aromatic N) is 3. The Labute approximate surface area is 202 Å². The van der Waals surface area contributed by atoms with Crippen LogP contribution in [-0.4, -0.2) is 67.1 Å². The third-order valence-electron chi connectivity index (χ3n) is 8.21. The number of fused-ring (bicyclic) bond motifs is 3. The van der Waals surface area contributed by atoms with Crippen molar-refractivity contribution < 1.29 is 14.7 Å². The number of carbonyl (C=O) groups is 2. The predicted molar refractivity (Wildman–Crippen MR) is 134 cm³/mol. The molecule has 0 spiro atoms. The van der Waals surface area contributed by atoms with Crippen LogP contribution in [0, 0.1) is 11.8 Å². The Morgan fingerprint density at radius 1 is 1.00 bits per heavy atom. The van der Waals surface area contributed by atoms with Gasteiger partial charge < -0.3 is 19.8 Å². The minimum atomic E-state index is -0.0106. The fourth-order valence-corrected chi connectivity index (χ4v) is 6.35. The summed E-state index contributed by atoms with van der Waals surface area (Å²) in [4.78, 5) is 31.7. The van der Waals surface area contributed by atoms with Gasteiger partial charge in [-0.05, 0) is 60.2 Å². The summed E-state index contributed by atoms with van der Waals surface area (Å²) in [6, 6.07) is 14.2. The van der Waals surface area contributed by atoms with Crippen LogP contribution in [0.1, 0.15) is 54.1 Å². The van der Waals surface area contributed by atoms with Crippen molar-refractivity contribution in [1.29, 1.82) is 0 Å². The molecule has 2 amide bonds. The van der Waals surface area contributed by atoms with E-state index in [1.165, 1.54) is 5.56 Å². The van der Waals surface area contributed by atoms with E-state index in [1.54, 1.807) is 19.0 Å². The molecule has 0 radical (unpaired) electrons. The number of aliphatic hydroxyl groups excluding tert-OH is 1. The molecule has 0 bridgehead atoms. The zero-order chi connectivity index (χ0) is 24.0. The van der Waals surface area contributed by atoms with E-state index in [2.05, 4.69) is 35.0 Å². The molecule has 6 heteroatoms. The van der Waals surface area contributed by atoms with Gasteiger partial charge in [0, 0.05) is 50.8 Å². The Balaban J connectivity index is 1.52. The molecule has 2 aromatic carbocycles. The standard InChI is InChI=1S/C28H35N3O3/c1-29(2)27(33)20-10-8-18(9-11-20)21-12-13-24-23(16-21)26-22(25(17-32)30(24)3)14-15-31(26)28(34)19-6-4-5-7-19/h8-13,16,19,22,25-26,32H,4-7,14-15,17H2,1-3H3/t22-,25+,26-/m0/s1. The summed E-state index contributed by atoms with van der Waals surface area (Å²) in [6.45, 7) is 0.853. The molecule has 2 aromatic rings. The molecular weight excluding hydrogens is 426 g/mol. The first-order valence-corrected chi connectivity index (χ1v) is 12.5. The van der Waals surface area contributed by atoms with Crippen LogP contribution in [0.3, 0.4) is 0 Å². The summed E-state index contributed by atoms with van der Waals surface area (Å²) in [5.74, 6) is 0.667. The smallest absolute Gasteiger partial charge is 0.253 e. The normalized spacial score (nSPS) is 24.2. The molecule has 3 aliphatic rings. The van der Waals surface area contributed by atoms with Gasteiger partial charge in [-0.1, -0.05) is 31.0 Å². The van der Waals surface area contributed by atoms with Crippen molar-refractivity contribution in [2.45, 2.75) is 44.2 Å². The van der Waals surface area contributed by atoms with Gasteiger partial charge in [-0.2, -0.15) is 0 Å². The van der Waals surface area contributed by atoms with E-state index in [4.69, 9.17) is 0 Å². The maximum atomic E-state index is 13.5. The third kappa shape index (κ3) is 3.78. The molecule has 1 saturated carbocycles. The van der Waals surface area contributed by atoms with Crippen LogP contribution < -0.4 is 4.90 Å². The average Bonchev–Trinajstić information content (AvgIpc) is 3.54. The van der Waals surface area contributed by atoms with Crippen molar-refractivity contribution in [3.05, 3.63) is 53.6 Å². The van der Waals surface area contributed by atoms with Gasteiger partial charge in [0.2, 0.25) is 5.91 Å². The summed E-state index contributed by atoms with van der Waals surface area (Å²) >= 11 is 0. The molecule has 6 nitrogen and oxygen atoms in total.